The smallest absolute Gasteiger partial charge is 0.251 e. The molecule has 1 aliphatic rings. The van der Waals surface area contributed by atoms with Crippen LogP contribution in [-0.2, 0) is 4.79 Å². The van der Waals surface area contributed by atoms with E-state index in [1.165, 1.54) is 0 Å². The fraction of sp³-hybridized carbons (Fsp3) is 0.318. The summed E-state index contributed by atoms with van der Waals surface area (Å²) in [6, 6.07) is 15.8. The summed E-state index contributed by atoms with van der Waals surface area (Å²) in [4.78, 5) is 27.0. The van der Waals surface area contributed by atoms with Gasteiger partial charge in [0.1, 0.15) is 6.07 Å². The molecule has 0 bridgehead atoms. The van der Waals surface area contributed by atoms with E-state index in [-0.39, 0.29) is 23.9 Å². The number of carbonyl (C=O) groups is 2. The lowest BCUT2D eigenvalue weighted by molar-refractivity contribution is -0.121. The van der Waals surface area contributed by atoms with E-state index in [4.69, 9.17) is 16.9 Å². The van der Waals surface area contributed by atoms with Crippen LogP contribution in [-0.4, -0.2) is 41.9 Å². The molecule has 1 atom stereocenters. The van der Waals surface area contributed by atoms with Gasteiger partial charge in [-0.25, -0.2) is 0 Å². The van der Waals surface area contributed by atoms with Crippen molar-refractivity contribution in [3.63, 3.8) is 0 Å². The number of amides is 2. The average molecular weight is 411 g/mol. The summed E-state index contributed by atoms with van der Waals surface area (Å²) in [5.74, 6) is -0.190. The van der Waals surface area contributed by atoms with Gasteiger partial charge in [0.2, 0.25) is 5.91 Å². The molecule has 0 saturated carbocycles. The highest BCUT2D eigenvalue weighted by Gasteiger charge is 2.27. The Morgan fingerprint density at radius 2 is 1.86 bits per heavy atom. The van der Waals surface area contributed by atoms with Crippen LogP contribution >= 0.6 is 11.6 Å². The Bertz CT molecular complexity index is 918. The van der Waals surface area contributed by atoms with Gasteiger partial charge in [0, 0.05) is 30.4 Å². The molecule has 0 aromatic heterocycles. The zero-order valence-electron chi connectivity index (χ0n) is 16.2. The van der Waals surface area contributed by atoms with Crippen LogP contribution < -0.4 is 10.6 Å². The Labute approximate surface area is 175 Å². The summed E-state index contributed by atoms with van der Waals surface area (Å²) in [5, 5.41) is 15.2. The fourth-order valence-electron chi connectivity index (χ4n) is 3.39. The lowest BCUT2D eigenvalue weighted by atomic mass is 10.0. The number of hydrogen-bond donors (Lipinski definition) is 2. The summed E-state index contributed by atoms with van der Waals surface area (Å²) >= 11 is 6.02. The molecule has 1 saturated heterocycles. The lowest BCUT2D eigenvalue weighted by Crippen LogP contribution is -2.50. The zero-order chi connectivity index (χ0) is 20.8. The van der Waals surface area contributed by atoms with Crippen LogP contribution in [0.5, 0.6) is 0 Å². The van der Waals surface area contributed by atoms with E-state index in [9.17, 15) is 9.59 Å². The van der Waals surface area contributed by atoms with Gasteiger partial charge in [0.25, 0.3) is 5.91 Å². The molecule has 7 heteroatoms. The van der Waals surface area contributed by atoms with Crippen molar-refractivity contribution < 1.29 is 9.59 Å². The van der Waals surface area contributed by atoms with Gasteiger partial charge in [0.05, 0.1) is 16.6 Å². The highest BCUT2D eigenvalue weighted by atomic mass is 35.5. The molecule has 2 aromatic rings. The quantitative estimate of drug-likeness (QED) is 0.790. The maximum absolute atomic E-state index is 12.6. The molecule has 0 unspecified atom stereocenters. The number of benzene rings is 2. The topological polar surface area (TPSA) is 85.2 Å². The van der Waals surface area contributed by atoms with E-state index in [0.717, 1.165) is 25.9 Å². The molecule has 150 valence electrons. The second kappa shape index (κ2) is 9.55. The minimum atomic E-state index is -0.310. The van der Waals surface area contributed by atoms with E-state index in [1.54, 1.807) is 30.3 Å². The number of halogens is 1. The van der Waals surface area contributed by atoms with E-state index in [0.29, 0.717) is 21.8 Å². The molecule has 2 aromatic carbocycles. The van der Waals surface area contributed by atoms with E-state index in [2.05, 4.69) is 15.5 Å². The van der Waals surface area contributed by atoms with Gasteiger partial charge < -0.3 is 10.6 Å². The molecule has 29 heavy (non-hydrogen) atoms. The molecule has 6 nitrogen and oxygen atoms in total. The fourth-order valence-corrected chi connectivity index (χ4v) is 3.61. The summed E-state index contributed by atoms with van der Waals surface area (Å²) in [5.41, 5.74) is 1.59. The van der Waals surface area contributed by atoms with Gasteiger partial charge in [0.15, 0.2) is 0 Å². The van der Waals surface area contributed by atoms with Gasteiger partial charge >= 0.3 is 0 Å². The number of hydrogen-bond acceptors (Lipinski definition) is 4. The third-order valence-corrected chi connectivity index (χ3v) is 5.50. The summed E-state index contributed by atoms with van der Waals surface area (Å²) in [7, 11) is 0. The Hall–Kier alpha value is -2.88. The number of nitrogens with one attached hydrogen (secondary N) is 2. The minimum absolute atomic E-state index is 0.0625. The van der Waals surface area contributed by atoms with Crippen LogP contribution in [0.25, 0.3) is 0 Å². The normalized spacial score (nSPS) is 15.9. The summed E-state index contributed by atoms with van der Waals surface area (Å²) < 4.78 is 0. The standard InChI is InChI=1S/C22H23ClN4O2/c1-15(21(28)26-19-8-7-17(14-24)20(23)13-19)27-11-9-18(10-12-27)25-22(29)16-5-3-2-4-6-16/h2-8,13,15,18H,9-12H2,1H3,(H,25,29)(H,26,28)/t15-/m0/s1. The first kappa shape index (κ1) is 20.8. The molecule has 0 aliphatic carbocycles. The average Bonchev–Trinajstić information content (AvgIpc) is 2.74. The van der Waals surface area contributed by atoms with Crippen LogP contribution in [0.3, 0.4) is 0 Å². The molecule has 2 amide bonds. The summed E-state index contributed by atoms with van der Waals surface area (Å²) in [6.45, 7) is 3.31. The molecule has 2 N–H and O–H groups in total. The Kier molecular flexibility index (Phi) is 6.86. The minimum Gasteiger partial charge on any atom is -0.349 e. The first-order valence-corrected chi connectivity index (χ1v) is 9.96. The van der Waals surface area contributed by atoms with Crippen LogP contribution in [0.2, 0.25) is 5.02 Å². The Morgan fingerprint density at radius 1 is 1.17 bits per heavy atom. The van der Waals surface area contributed by atoms with Crippen molar-refractivity contribution in [2.24, 2.45) is 0 Å². The Balaban J connectivity index is 1.50. The molecule has 0 spiro atoms. The van der Waals surface area contributed by atoms with Crippen molar-refractivity contribution >= 4 is 29.1 Å². The van der Waals surface area contributed by atoms with Crippen molar-refractivity contribution in [2.45, 2.75) is 31.8 Å². The molecule has 1 heterocycles. The van der Waals surface area contributed by atoms with Crippen LogP contribution in [0, 0.1) is 11.3 Å². The molecular formula is C22H23ClN4O2. The molecule has 1 aliphatic heterocycles. The second-order valence-corrected chi connectivity index (χ2v) is 7.53. The van der Waals surface area contributed by atoms with Crippen LogP contribution in [0.1, 0.15) is 35.7 Å². The first-order valence-electron chi connectivity index (χ1n) is 9.58. The van der Waals surface area contributed by atoms with Crippen LogP contribution in [0.4, 0.5) is 5.69 Å². The van der Waals surface area contributed by atoms with Crippen LogP contribution in [0.15, 0.2) is 48.5 Å². The summed E-state index contributed by atoms with van der Waals surface area (Å²) in [6.07, 6.45) is 1.58. The molecule has 1 fully saturated rings. The highest BCUT2D eigenvalue weighted by molar-refractivity contribution is 6.32. The number of nitrogens with zero attached hydrogens (tertiary/aromatic N) is 2. The number of piperidine rings is 1. The van der Waals surface area contributed by atoms with E-state index in [1.807, 2.05) is 31.2 Å². The number of carbonyl (C=O) groups excluding carboxylic acids is 2. The predicted octanol–water partition coefficient (Wildman–Crippen LogP) is 3.43. The number of nitriles is 1. The molecule has 3 rings (SSSR count). The number of rotatable bonds is 5. The van der Waals surface area contributed by atoms with Gasteiger partial charge in [-0.3, -0.25) is 14.5 Å². The number of likely N-dealkylation sites (tertiary alicyclic amines) is 1. The van der Waals surface area contributed by atoms with E-state index >= 15 is 0 Å². The lowest BCUT2D eigenvalue weighted by Gasteiger charge is -2.35. The third-order valence-electron chi connectivity index (χ3n) is 5.18. The van der Waals surface area contributed by atoms with Crippen molar-refractivity contribution in [3.05, 3.63) is 64.7 Å². The largest absolute Gasteiger partial charge is 0.349 e. The third kappa shape index (κ3) is 5.35. The zero-order valence-corrected chi connectivity index (χ0v) is 16.9. The predicted molar refractivity (Wildman–Crippen MR) is 113 cm³/mol. The van der Waals surface area contributed by atoms with Gasteiger partial charge in [-0.1, -0.05) is 29.8 Å². The molecular weight excluding hydrogens is 388 g/mol. The van der Waals surface area contributed by atoms with Crippen molar-refractivity contribution in [1.82, 2.24) is 10.2 Å². The van der Waals surface area contributed by atoms with Gasteiger partial charge in [-0.05, 0) is 50.1 Å². The highest BCUT2D eigenvalue weighted by Crippen LogP contribution is 2.21. The monoisotopic (exact) mass is 410 g/mol. The van der Waals surface area contributed by atoms with Gasteiger partial charge in [-0.15, -0.1) is 0 Å². The number of anilines is 1. The Morgan fingerprint density at radius 3 is 2.48 bits per heavy atom. The van der Waals surface area contributed by atoms with Crippen molar-refractivity contribution in [3.8, 4) is 6.07 Å². The second-order valence-electron chi connectivity index (χ2n) is 7.12. The first-order chi connectivity index (χ1) is 14.0. The van der Waals surface area contributed by atoms with Crippen molar-refractivity contribution in [2.75, 3.05) is 18.4 Å². The van der Waals surface area contributed by atoms with Gasteiger partial charge in [-0.2, -0.15) is 5.26 Å². The van der Waals surface area contributed by atoms with E-state index < -0.39 is 0 Å². The molecule has 0 radical (unpaired) electrons. The maximum Gasteiger partial charge on any atom is 0.251 e. The van der Waals surface area contributed by atoms with Crippen molar-refractivity contribution in [1.29, 1.82) is 5.26 Å². The SMILES string of the molecule is C[C@@H](C(=O)Nc1ccc(C#N)c(Cl)c1)N1CCC(NC(=O)c2ccccc2)CC1. The maximum atomic E-state index is 12.6.